The van der Waals surface area contributed by atoms with Crippen LogP contribution in [0.2, 0.25) is 0 Å². The van der Waals surface area contributed by atoms with E-state index in [4.69, 9.17) is 9.47 Å². The summed E-state index contributed by atoms with van der Waals surface area (Å²) in [6.45, 7) is 2.38. The molecule has 3 fully saturated rings. The molecule has 1 aromatic rings. The molecular formula is C21H30N2O3. The van der Waals surface area contributed by atoms with Crippen LogP contribution >= 0.6 is 0 Å². The number of morpholine rings is 1. The standard InChI is InChI=1S/C21H30N2O3/c24-20-14-25-15-21(23-20)11-4-12-22-19(21)13-26-18-9-7-17(8-10-18)16-5-2-1-3-6-16/h1-3,5-6,17-19,22H,4,7-15H2,(H,23,24). The topological polar surface area (TPSA) is 59.6 Å². The van der Waals surface area contributed by atoms with Gasteiger partial charge >= 0.3 is 0 Å². The summed E-state index contributed by atoms with van der Waals surface area (Å²) in [5, 5.41) is 6.75. The van der Waals surface area contributed by atoms with E-state index in [1.807, 2.05) is 0 Å². The Morgan fingerprint density at radius 1 is 1.15 bits per heavy atom. The SMILES string of the molecule is O=C1COCC2(CCCNC2COC2CCC(c3ccccc3)CC2)N1. The van der Waals surface area contributed by atoms with Crippen LogP contribution in [0, 0.1) is 0 Å². The number of carbonyl (C=O) groups excluding carboxylic acids is 1. The first-order chi connectivity index (χ1) is 12.8. The van der Waals surface area contributed by atoms with Crippen molar-refractivity contribution in [1.82, 2.24) is 10.6 Å². The number of carbonyl (C=O) groups is 1. The Kier molecular flexibility index (Phi) is 5.57. The van der Waals surface area contributed by atoms with Gasteiger partial charge in [-0.25, -0.2) is 0 Å². The van der Waals surface area contributed by atoms with Crippen molar-refractivity contribution >= 4 is 5.91 Å². The van der Waals surface area contributed by atoms with E-state index in [0.29, 0.717) is 25.2 Å². The second-order valence-electron chi connectivity index (χ2n) is 8.03. The fourth-order valence-corrected chi connectivity index (χ4v) is 4.79. The molecule has 26 heavy (non-hydrogen) atoms. The van der Waals surface area contributed by atoms with Crippen LogP contribution in [-0.2, 0) is 14.3 Å². The maximum atomic E-state index is 11.9. The van der Waals surface area contributed by atoms with Gasteiger partial charge in [0.05, 0.1) is 30.9 Å². The van der Waals surface area contributed by atoms with Crippen LogP contribution in [0.5, 0.6) is 0 Å². The molecule has 1 saturated carbocycles. The maximum Gasteiger partial charge on any atom is 0.246 e. The van der Waals surface area contributed by atoms with Crippen LogP contribution in [0.4, 0.5) is 0 Å². The predicted molar refractivity (Wildman–Crippen MR) is 100 cm³/mol. The third-order valence-electron chi connectivity index (χ3n) is 6.28. The van der Waals surface area contributed by atoms with E-state index in [-0.39, 0.29) is 24.1 Å². The van der Waals surface area contributed by atoms with Crippen LogP contribution in [0.25, 0.3) is 0 Å². The van der Waals surface area contributed by atoms with E-state index in [0.717, 1.165) is 32.2 Å². The molecule has 2 atom stereocenters. The van der Waals surface area contributed by atoms with E-state index in [1.165, 1.54) is 18.4 Å². The number of hydrogen-bond donors (Lipinski definition) is 2. The van der Waals surface area contributed by atoms with E-state index in [1.54, 1.807) is 0 Å². The fraction of sp³-hybridized carbons (Fsp3) is 0.667. The zero-order valence-corrected chi connectivity index (χ0v) is 15.4. The molecule has 2 saturated heterocycles. The maximum absolute atomic E-state index is 11.9. The van der Waals surface area contributed by atoms with E-state index < -0.39 is 0 Å². The summed E-state index contributed by atoms with van der Waals surface area (Å²) in [5.74, 6) is 0.662. The first kappa shape index (κ1) is 18.0. The highest BCUT2D eigenvalue weighted by Gasteiger charge is 2.44. The molecule has 1 aliphatic carbocycles. The third kappa shape index (κ3) is 3.95. The van der Waals surface area contributed by atoms with Crippen LogP contribution in [0.15, 0.2) is 30.3 Å². The van der Waals surface area contributed by atoms with Gasteiger partial charge in [-0.05, 0) is 56.6 Å². The smallest absolute Gasteiger partial charge is 0.246 e. The number of piperidine rings is 1. The lowest BCUT2D eigenvalue weighted by atomic mass is 9.81. The Labute approximate surface area is 155 Å². The van der Waals surface area contributed by atoms with E-state index in [9.17, 15) is 4.79 Å². The van der Waals surface area contributed by atoms with Crippen LogP contribution < -0.4 is 10.6 Å². The van der Waals surface area contributed by atoms with Gasteiger partial charge in [-0.15, -0.1) is 0 Å². The molecule has 2 heterocycles. The highest BCUT2D eigenvalue weighted by Crippen LogP contribution is 2.34. The molecule has 142 valence electrons. The summed E-state index contributed by atoms with van der Waals surface area (Å²) in [6, 6.07) is 11.0. The average Bonchev–Trinajstić information content (AvgIpc) is 2.68. The summed E-state index contributed by atoms with van der Waals surface area (Å²) in [4.78, 5) is 11.9. The van der Waals surface area contributed by atoms with Crippen molar-refractivity contribution in [3.05, 3.63) is 35.9 Å². The molecule has 5 nitrogen and oxygen atoms in total. The van der Waals surface area contributed by atoms with Crippen LogP contribution in [0.3, 0.4) is 0 Å². The van der Waals surface area contributed by atoms with Crippen molar-refractivity contribution in [2.45, 2.75) is 62.1 Å². The predicted octanol–water partition coefficient (Wildman–Crippen LogP) is 2.37. The normalized spacial score (nSPS) is 35.2. The zero-order valence-electron chi connectivity index (χ0n) is 15.4. The average molecular weight is 358 g/mol. The minimum Gasteiger partial charge on any atom is -0.377 e. The van der Waals surface area contributed by atoms with Gasteiger partial charge < -0.3 is 20.1 Å². The van der Waals surface area contributed by atoms with Gasteiger partial charge in [0.15, 0.2) is 0 Å². The molecule has 0 aromatic heterocycles. The van der Waals surface area contributed by atoms with Crippen LogP contribution in [0.1, 0.15) is 50.0 Å². The monoisotopic (exact) mass is 358 g/mol. The number of benzene rings is 1. The summed E-state index contributed by atoms with van der Waals surface area (Å²) >= 11 is 0. The summed E-state index contributed by atoms with van der Waals surface area (Å²) < 4.78 is 11.9. The van der Waals surface area contributed by atoms with Crippen molar-refractivity contribution in [2.24, 2.45) is 0 Å². The first-order valence-electron chi connectivity index (χ1n) is 10.0. The highest BCUT2D eigenvalue weighted by molar-refractivity contribution is 5.79. The molecule has 0 radical (unpaired) electrons. The number of hydrogen-bond acceptors (Lipinski definition) is 4. The molecule has 2 aliphatic heterocycles. The highest BCUT2D eigenvalue weighted by atomic mass is 16.5. The first-order valence-corrected chi connectivity index (χ1v) is 10.0. The fourth-order valence-electron chi connectivity index (χ4n) is 4.79. The molecule has 1 amide bonds. The van der Waals surface area contributed by atoms with E-state index in [2.05, 4.69) is 41.0 Å². The van der Waals surface area contributed by atoms with Gasteiger partial charge in [-0.3, -0.25) is 4.79 Å². The molecule has 3 aliphatic rings. The molecule has 4 rings (SSSR count). The Hall–Kier alpha value is -1.43. The Morgan fingerprint density at radius 2 is 1.96 bits per heavy atom. The minimum absolute atomic E-state index is 0.00619. The van der Waals surface area contributed by atoms with Gasteiger partial charge in [0, 0.05) is 0 Å². The van der Waals surface area contributed by atoms with E-state index >= 15 is 0 Å². The van der Waals surface area contributed by atoms with Crippen molar-refractivity contribution < 1.29 is 14.3 Å². The molecule has 5 heteroatoms. The Balaban J connectivity index is 1.29. The van der Waals surface area contributed by atoms with Gasteiger partial charge in [0.1, 0.15) is 6.61 Å². The van der Waals surface area contributed by atoms with Gasteiger partial charge in [0.2, 0.25) is 5.91 Å². The van der Waals surface area contributed by atoms with Crippen molar-refractivity contribution in [1.29, 1.82) is 0 Å². The number of ether oxygens (including phenoxy) is 2. The van der Waals surface area contributed by atoms with Crippen LogP contribution in [-0.4, -0.2) is 50.0 Å². The van der Waals surface area contributed by atoms with Gasteiger partial charge in [-0.2, -0.15) is 0 Å². The molecule has 1 spiro atoms. The summed E-state index contributed by atoms with van der Waals surface area (Å²) in [5.41, 5.74) is 1.16. The molecular weight excluding hydrogens is 328 g/mol. The van der Waals surface area contributed by atoms with Crippen molar-refractivity contribution in [3.8, 4) is 0 Å². The second kappa shape index (κ2) is 8.07. The number of amides is 1. The Morgan fingerprint density at radius 3 is 2.73 bits per heavy atom. The summed E-state index contributed by atoms with van der Waals surface area (Å²) in [6.07, 6.45) is 6.96. The lowest BCUT2D eigenvalue weighted by Gasteiger charge is -2.47. The lowest BCUT2D eigenvalue weighted by molar-refractivity contribution is -0.139. The van der Waals surface area contributed by atoms with Gasteiger partial charge in [0.25, 0.3) is 0 Å². The molecule has 2 unspecified atom stereocenters. The summed E-state index contributed by atoms with van der Waals surface area (Å²) in [7, 11) is 0. The Bertz CT molecular complexity index is 597. The van der Waals surface area contributed by atoms with Gasteiger partial charge in [-0.1, -0.05) is 30.3 Å². The quantitative estimate of drug-likeness (QED) is 0.868. The zero-order chi connectivity index (χ0) is 17.8. The van der Waals surface area contributed by atoms with Crippen molar-refractivity contribution in [3.63, 3.8) is 0 Å². The molecule has 2 N–H and O–H groups in total. The van der Waals surface area contributed by atoms with Crippen molar-refractivity contribution in [2.75, 3.05) is 26.4 Å². The molecule has 0 bridgehead atoms. The largest absolute Gasteiger partial charge is 0.377 e. The minimum atomic E-state index is -0.297. The number of nitrogens with one attached hydrogen (secondary N) is 2. The second-order valence-corrected chi connectivity index (χ2v) is 8.03. The molecule has 1 aromatic carbocycles. The third-order valence-corrected chi connectivity index (χ3v) is 6.28. The lowest BCUT2D eigenvalue weighted by Crippen LogP contribution is -2.70. The number of rotatable bonds is 4.